The molecule has 0 aliphatic carbocycles. The van der Waals surface area contributed by atoms with Gasteiger partial charge in [-0.05, 0) is 30.0 Å². The molecule has 3 nitrogen and oxygen atoms in total. The highest BCUT2D eigenvalue weighted by Crippen LogP contribution is 2.25. The molecule has 1 rings (SSSR count). The number of benzene rings is 1. The largest absolute Gasteiger partial charge is 0.388 e. The van der Waals surface area contributed by atoms with E-state index in [-0.39, 0.29) is 0 Å². The Morgan fingerprint density at radius 3 is 2.00 bits per heavy atom. The van der Waals surface area contributed by atoms with Crippen LogP contribution in [0, 0.1) is 5.92 Å². The molecule has 4 heteroatoms. The first-order valence-corrected chi connectivity index (χ1v) is 8.25. The molecule has 1 aromatic rings. The van der Waals surface area contributed by atoms with Crippen LogP contribution < -0.4 is 0 Å². The van der Waals surface area contributed by atoms with Gasteiger partial charge in [-0.25, -0.2) is 8.42 Å². The minimum Gasteiger partial charge on any atom is -0.388 e. The lowest BCUT2D eigenvalue weighted by molar-refractivity contribution is 0.141. The smallest absolute Gasteiger partial charge is 0.175 e. The first-order chi connectivity index (χ1) is 8.38. The fraction of sp³-hybridized carbons (Fsp3) is 0.571. The molecule has 1 atom stereocenters. The molecule has 0 heterocycles. The Hall–Kier alpha value is -0.870. The van der Waals surface area contributed by atoms with Gasteiger partial charge in [0.2, 0.25) is 0 Å². The summed E-state index contributed by atoms with van der Waals surface area (Å²) >= 11 is 0. The van der Waals surface area contributed by atoms with Crippen molar-refractivity contribution in [1.82, 2.24) is 0 Å². The summed E-state index contributed by atoms with van der Waals surface area (Å²) in [6, 6.07) is 6.51. The van der Waals surface area contributed by atoms with E-state index in [1.54, 1.807) is 24.3 Å². The summed E-state index contributed by atoms with van der Waals surface area (Å²) in [7, 11) is -3.16. The van der Waals surface area contributed by atoms with Gasteiger partial charge in [0.25, 0.3) is 0 Å². The van der Waals surface area contributed by atoms with Crippen molar-refractivity contribution >= 4 is 9.84 Å². The van der Waals surface area contributed by atoms with Crippen LogP contribution in [0.15, 0.2) is 29.2 Å². The van der Waals surface area contributed by atoms with Crippen LogP contribution in [0.5, 0.6) is 0 Å². The summed E-state index contributed by atoms with van der Waals surface area (Å²) in [5.41, 5.74) is 0.786. The van der Waals surface area contributed by atoms with Gasteiger partial charge in [-0.2, -0.15) is 0 Å². The predicted octanol–water partition coefficient (Wildman–Crippen LogP) is 2.95. The number of sulfone groups is 1. The van der Waals surface area contributed by atoms with Crippen LogP contribution >= 0.6 is 0 Å². The monoisotopic (exact) mass is 270 g/mol. The van der Waals surface area contributed by atoms with Crippen molar-refractivity contribution in [2.75, 3.05) is 6.26 Å². The van der Waals surface area contributed by atoms with Crippen LogP contribution in [0.2, 0.25) is 0 Å². The zero-order valence-corrected chi connectivity index (χ0v) is 12.1. The second kappa shape index (κ2) is 6.34. The Morgan fingerprint density at radius 2 is 1.61 bits per heavy atom. The Labute approximate surface area is 110 Å². The van der Waals surface area contributed by atoms with Gasteiger partial charge >= 0.3 is 0 Å². The fourth-order valence-electron chi connectivity index (χ4n) is 2.01. The van der Waals surface area contributed by atoms with Crippen LogP contribution in [0.4, 0.5) is 0 Å². The van der Waals surface area contributed by atoms with E-state index < -0.39 is 15.9 Å². The van der Waals surface area contributed by atoms with E-state index in [1.165, 1.54) is 6.26 Å². The Kier molecular flexibility index (Phi) is 5.35. The third kappa shape index (κ3) is 4.10. The second-order valence-electron chi connectivity index (χ2n) is 4.78. The maximum atomic E-state index is 11.3. The van der Waals surface area contributed by atoms with E-state index in [0.717, 1.165) is 24.8 Å². The molecule has 0 spiro atoms. The first-order valence-electron chi connectivity index (χ1n) is 6.36. The molecular formula is C14H22O3S. The summed E-state index contributed by atoms with van der Waals surface area (Å²) in [4.78, 5) is 0.293. The Morgan fingerprint density at radius 1 is 1.11 bits per heavy atom. The van der Waals surface area contributed by atoms with Gasteiger partial charge in [-0.3, -0.25) is 0 Å². The molecule has 0 fully saturated rings. The maximum Gasteiger partial charge on any atom is 0.175 e. The third-order valence-corrected chi connectivity index (χ3v) is 4.53. The van der Waals surface area contributed by atoms with Crippen molar-refractivity contribution in [3.63, 3.8) is 0 Å². The van der Waals surface area contributed by atoms with Crippen molar-refractivity contribution in [3.05, 3.63) is 29.8 Å². The standard InChI is InChI=1S/C14H22O3S/c1-4-11(5-2)10-14(15)12-6-8-13(9-7-12)18(3,16)17/h6-9,11,14-15H,4-5,10H2,1-3H3. The topological polar surface area (TPSA) is 54.4 Å². The van der Waals surface area contributed by atoms with Crippen molar-refractivity contribution in [2.45, 2.75) is 44.1 Å². The molecule has 0 radical (unpaired) electrons. The minimum atomic E-state index is -3.16. The van der Waals surface area contributed by atoms with Crippen molar-refractivity contribution in [2.24, 2.45) is 5.92 Å². The van der Waals surface area contributed by atoms with Gasteiger partial charge in [-0.15, -0.1) is 0 Å². The highest BCUT2D eigenvalue weighted by molar-refractivity contribution is 7.90. The SMILES string of the molecule is CCC(CC)CC(O)c1ccc(S(C)(=O)=O)cc1. The fourth-order valence-corrected chi connectivity index (χ4v) is 2.64. The first kappa shape index (κ1) is 15.2. The zero-order valence-electron chi connectivity index (χ0n) is 11.3. The molecule has 0 aromatic heterocycles. The number of hydrogen-bond donors (Lipinski definition) is 1. The highest BCUT2D eigenvalue weighted by atomic mass is 32.2. The summed E-state index contributed by atoms with van der Waals surface area (Å²) in [5.74, 6) is 0.509. The molecule has 18 heavy (non-hydrogen) atoms. The molecule has 102 valence electrons. The van der Waals surface area contributed by atoms with Gasteiger partial charge < -0.3 is 5.11 Å². The number of aliphatic hydroxyl groups excluding tert-OH is 1. The van der Waals surface area contributed by atoms with Crippen LogP contribution in [-0.4, -0.2) is 19.8 Å². The normalized spacial score (nSPS) is 13.8. The minimum absolute atomic E-state index is 0.293. The molecule has 0 saturated carbocycles. The summed E-state index contributed by atoms with van der Waals surface area (Å²) in [5, 5.41) is 10.1. The molecule has 1 aromatic carbocycles. The molecule has 1 unspecified atom stereocenters. The highest BCUT2D eigenvalue weighted by Gasteiger charge is 2.14. The Balaban J connectivity index is 2.79. The van der Waals surface area contributed by atoms with Gasteiger partial charge in [-0.1, -0.05) is 38.8 Å². The van der Waals surface area contributed by atoms with Crippen LogP contribution in [0.3, 0.4) is 0 Å². The molecule has 0 amide bonds. The van der Waals surface area contributed by atoms with Crippen LogP contribution in [-0.2, 0) is 9.84 Å². The number of rotatable bonds is 6. The van der Waals surface area contributed by atoms with E-state index in [1.807, 2.05) is 0 Å². The van der Waals surface area contributed by atoms with E-state index in [0.29, 0.717) is 10.8 Å². The number of aliphatic hydroxyl groups is 1. The van der Waals surface area contributed by atoms with Gasteiger partial charge in [0.15, 0.2) is 9.84 Å². The van der Waals surface area contributed by atoms with Crippen molar-refractivity contribution in [1.29, 1.82) is 0 Å². The van der Waals surface area contributed by atoms with Crippen molar-refractivity contribution in [3.8, 4) is 0 Å². The molecule has 0 bridgehead atoms. The molecule has 0 saturated heterocycles. The van der Waals surface area contributed by atoms with Gasteiger partial charge in [0, 0.05) is 6.26 Å². The second-order valence-corrected chi connectivity index (χ2v) is 6.79. The lowest BCUT2D eigenvalue weighted by atomic mass is 9.93. The molecule has 0 aliphatic heterocycles. The van der Waals surface area contributed by atoms with Gasteiger partial charge in [0.1, 0.15) is 0 Å². The molecular weight excluding hydrogens is 248 g/mol. The maximum absolute atomic E-state index is 11.3. The van der Waals surface area contributed by atoms with E-state index in [4.69, 9.17) is 0 Å². The molecule has 0 aliphatic rings. The molecule has 1 N–H and O–H groups in total. The quantitative estimate of drug-likeness (QED) is 0.864. The van der Waals surface area contributed by atoms with Crippen molar-refractivity contribution < 1.29 is 13.5 Å². The summed E-state index contributed by atoms with van der Waals surface area (Å²) < 4.78 is 22.6. The predicted molar refractivity (Wildman–Crippen MR) is 73.2 cm³/mol. The van der Waals surface area contributed by atoms with E-state index >= 15 is 0 Å². The number of hydrogen-bond acceptors (Lipinski definition) is 3. The van der Waals surface area contributed by atoms with Crippen LogP contribution in [0.1, 0.15) is 44.8 Å². The Bertz CT molecular complexity index is 458. The van der Waals surface area contributed by atoms with Crippen LogP contribution in [0.25, 0.3) is 0 Å². The van der Waals surface area contributed by atoms with Gasteiger partial charge in [0.05, 0.1) is 11.0 Å². The van der Waals surface area contributed by atoms with E-state index in [2.05, 4.69) is 13.8 Å². The van der Waals surface area contributed by atoms with E-state index in [9.17, 15) is 13.5 Å². The third-order valence-electron chi connectivity index (χ3n) is 3.40. The summed E-state index contributed by atoms with van der Waals surface area (Å²) in [6.45, 7) is 4.24. The average molecular weight is 270 g/mol. The lowest BCUT2D eigenvalue weighted by Crippen LogP contribution is -2.06. The lowest BCUT2D eigenvalue weighted by Gasteiger charge is -2.17. The summed E-state index contributed by atoms with van der Waals surface area (Å²) in [6.07, 6.45) is 3.50. The average Bonchev–Trinajstić information content (AvgIpc) is 2.34. The zero-order chi connectivity index (χ0) is 13.8.